The summed E-state index contributed by atoms with van der Waals surface area (Å²) < 4.78 is 6.89. The molecule has 0 amide bonds. The van der Waals surface area contributed by atoms with Gasteiger partial charge in [-0.05, 0) is 48.7 Å². The standard InChI is InChI=1S/C19H17ClN2O2.C2H6/c1-24-15-7-2-12(3-8-15)11-22-17-9-6-14(20)10-16(17)18(13-4-5-13)21-19(22)23;1-2/h2-3,6-10,13H,4-5,11H2,1H3;1-2H3. The zero-order valence-electron chi connectivity index (χ0n) is 15.3. The summed E-state index contributed by atoms with van der Waals surface area (Å²) in [6.45, 7) is 4.47. The predicted molar refractivity (Wildman–Crippen MR) is 106 cm³/mol. The lowest BCUT2D eigenvalue weighted by Crippen LogP contribution is -2.25. The number of hydrogen-bond donors (Lipinski definition) is 0. The maximum Gasteiger partial charge on any atom is 0.348 e. The molecular weight excluding hydrogens is 348 g/mol. The fourth-order valence-corrected chi connectivity index (χ4v) is 3.18. The molecule has 1 heterocycles. The highest BCUT2D eigenvalue weighted by Gasteiger charge is 2.28. The van der Waals surface area contributed by atoms with E-state index in [0.29, 0.717) is 17.5 Å². The van der Waals surface area contributed by atoms with Crippen LogP contribution < -0.4 is 10.4 Å². The number of aromatic nitrogens is 2. The zero-order valence-corrected chi connectivity index (χ0v) is 16.1. The Morgan fingerprint density at radius 1 is 1.15 bits per heavy atom. The van der Waals surface area contributed by atoms with Crippen LogP contribution in [0.4, 0.5) is 0 Å². The van der Waals surface area contributed by atoms with E-state index in [1.807, 2.05) is 56.3 Å². The van der Waals surface area contributed by atoms with Crippen molar-refractivity contribution in [3.8, 4) is 5.75 Å². The van der Waals surface area contributed by atoms with Gasteiger partial charge in [0.05, 0.1) is 24.9 Å². The van der Waals surface area contributed by atoms with Crippen LogP contribution in [0.2, 0.25) is 5.02 Å². The van der Waals surface area contributed by atoms with E-state index in [1.54, 1.807) is 11.7 Å². The molecule has 4 nitrogen and oxygen atoms in total. The van der Waals surface area contributed by atoms with Gasteiger partial charge in [-0.15, -0.1) is 0 Å². The summed E-state index contributed by atoms with van der Waals surface area (Å²) >= 11 is 6.17. The van der Waals surface area contributed by atoms with Crippen LogP contribution in [0.25, 0.3) is 10.9 Å². The Kier molecular flexibility index (Phi) is 5.62. The molecule has 26 heavy (non-hydrogen) atoms. The van der Waals surface area contributed by atoms with Gasteiger partial charge in [-0.25, -0.2) is 4.79 Å². The molecule has 4 rings (SSSR count). The third kappa shape index (κ3) is 3.75. The van der Waals surface area contributed by atoms with Gasteiger partial charge in [0, 0.05) is 16.3 Å². The Morgan fingerprint density at radius 3 is 2.46 bits per heavy atom. The van der Waals surface area contributed by atoms with Crippen LogP contribution in [0.15, 0.2) is 47.3 Å². The van der Waals surface area contributed by atoms with Gasteiger partial charge >= 0.3 is 5.69 Å². The Bertz CT molecular complexity index is 960. The number of methoxy groups -OCH3 is 1. The number of fused-ring (bicyclic) bond motifs is 1. The Labute approximate surface area is 158 Å². The first kappa shape index (κ1) is 18.5. The Hall–Kier alpha value is -2.33. The third-order valence-corrected chi connectivity index (χ3v) is 4.67. The number of ether oxygens (including phenoxy) is 1. The summed E-state index contributed by atoms with van der Waals surface area (Å²) in [4.78, 5) is 17.0. The first-order valence-corrected chi connectivity index (χ1v) is 9.36. The maximum atomic E-state index is 12.6. The Morgan fingerprint density at radius 2 is 1.85 bits per heavy atom. The number of nitrogens with zero attached hydrogens (tertiary/aromatic N) is 2. The summed E-state index contributed by atoms with van der Waals surface area (Å²) in [6.07, 6.45) is 2.19. The van der Waals surface area contributed by atoms with Gasteiger partial charge in [-0.3, -0.25) is 4.57 Å². The first-order chi connectivity index (χ1) is 12.7. The van der Waals surface area contributed by atoms with Crippen LogP contribution in [0.3, 0.4) is 0 Å². The van der Waals surface area contributed by atoms with Gasteiger partial charge in [0.25, 0.3) is 0 Å². The van der Waals surface area contributed by atoms with Crippen LogP contribution >= 0.6 is 11.6 Å². The summed E-state index contributed by atoms with van der Waals surface area (Å²) in [5.41, 5.74) is 2.60. The van der Waals surface area contributed by atoms with Crippen molar-refractivity contribution in [1.82, 2.24) is 9.55 Å². The minimum atomic E-state index is -0.206. The smallest absolute Gasteiger partial charge is 0.348 e. The lowest BCUT2D eigenvalue weighted by atomic mass is 10.1. The van der Waals surface area contributed by atoms with E-state index in [0.717, 1.165) is 40.8 Å². The summed E-state index contributed by atoms with van der Waals surface area (Å²) in [5, 5.41) is 1.65. The summed E-state index contributed by atoms with van der Waals surface area (Å²) in [7, 11) is 1.64. The molecule has 1 fully saturated rings. The van der Waals surface area contributed by atoms with Gasteiger partial charge in [-0.2, -0.15) is 4.98 Å². The van der Waals surface area contributed by atoms with Crippen LogP contribution in [0.5, 0.6) is 5.75 Å². The van der Waals surface area contributed by atoms with Gasteiger partial charge in [-0.1, -0.05) is 37.6 Å². The normalized spacial score (nSPS) is 13.2. The minimum Gasteiger partial charge on any atom is -0.497 e. The van der Waals surface area contributed by atoms with Crippen LogP contribution in [-0.2, 0) is 6.54 Å². The molecule has 0 atom stereocenters. The SMILES string of the molecule is CC.COc1ccc(Cn2c(=O)nc(C3CC3)c3cc(Cl)ccc32)cc1. The fourth-order valence-electron chi connectivity index (χ4n) is 3.01. The maximum absolute atomic E-state index is 12.6. The van der Waals surface area contributed by atoms with Crippen molar-refractivity contribution >= 4 is 22.5 Å². The topological polar surface area (TPSA) is 44.1 Å². The van der Waals surface area contributed by atoms with Crippen molar-refractivity contribution in [2.45, 2.75) is 39.2 Å². The van der Waals surface area contributed by atoms with Crippen LogP contribution in [0, 0.1) is 0 Å². The van der Waals surface area contributed by atoms with Crippen molar-refractivity contribution in [3.05, 3.63) is 69.2 Å². The number of halogens is 1. The highest BCUT2D eigenvalue weighted by Crippen LogP contribution is 2.41. The third-order valence-electron chi connectivity index (χ3n) is 4.44. The molecule has 3 aromatic rings. The van der Waals surface area contributed by atoms with E-state index in [4.69, 9.17) is 16.3 Å². The molecule has 2 aromatic carbocycles. The molecule has 0 aliphatic heterocycles. The molecule has 0 saturated heterocycles. The number of benzene rings is 2. The second-order valence-corrected chi connectivity index (χ2v) is 6.59. The summed E-state index contributed by atoms with van der Waals surface area (Å²) in [5.74, 6) is 1.19. The van der Waals surface area contributed by atoms with Crippen molar-refractivity contribution in [2.75, 3.05) is 7.11 Å². The fraction of sp³-hybridized carbons (Fsp3) is 0.333. The van der Waals surface area contributed by atoms with Crippen LogP contribution in [-0.4, -0.2) is 16.7 Å². The summed E-state index contributed by atoms with van der Waals surface area (Å²) in [6, 6.07) is 13.4. The predicted octanol–water partition coefficient (Wildman–Crippen LogP) is 5.01. The van der Waals surface area contributed by atoms with E-state index in [9.17, 15) is 4.79 Å². The minimum absolute atomic E-state index is 0.206. The quantitative estimate of drug-likeness (QED) is 0.648. The van der Waals surface area contributed by atoms with E-state index >= 15 is 0 Å². The van der Waals surface area contributed by atoms with E-state index in [-0.39, 0.29) is 5.69 Å². The van der Waals surface area contributed by atoms with Crippen molar-refractivity contribution < 1.29 is 4.74 Å². The largest absolute Gasteiger partial charge is 0.497 e. The molecule has 0 unspecified atom stereocenters. The molecule has 1 aliphatic carbocycles. The van der Waals surface area contributed by atoms with Crippen molar-refractivity contribution in [3.63, 3.8) is 0 Å². The lowest BCUT2D eigenvalue weighted by Gasteiger charge is -2.13. The van der Waals surface area contributed by atoms with Gasteiger partial charge in [0.1, 0.15) is 5.75 Å². The average molecular weight is 371 g/mol. The highest BCUT2D eigenvalue weighted by molar-refractivity contribution is 6.31. The van der Waals surface area contributed by atoms with E-state index < -0.39 is 0 Å². The molecule has 1 saturated carbocycles. The second kappa shape index (κ2) is 7.92. The van der Waals surface area contributed by atoms with Crippen LogP contribution in [0.1, 0.15) is 43.9 Å². The molecule has 136 valence electrons. The molecule has 1 aromatic heterocycles. The van der Waals surface area contributed by atoms with Crippen molar-refractivity contribution in [1.29, 1.82) is 0 Å². The molecule has 5 heteroatoms. The van der Waals surface area contributed by atoms with Gasteiger partial charge in [0.2, 0.25) is 0 Å². The van der Waals surface area contributed by atoms with E-state index in [2.05, 4.69) is 4.98 Å². The zero-order chi connectivity index (χ0) is 18.7. The monoisotopic (exact) mass is 370 g/mol. The van der Waals surface area contributed by atoms with E-state index in [1.165, 1.54) is 0 Å². The first-order valence-electron chi connectivity index (χ1n) is 8.98. The Balaban J connectivity index is 0.000000948. The van der Waals surface area contributed by atoms with Crippen molar-refractivity contribution in [2.24, 2.45) is 0 Å². The average Bonchev–Trinajstić information content (AvgIpc) is 3.51. The molecule has 0 N–H and O–H groups in total. The molecular formula is C21H23ClN2O2. The molecule has 0 bridgehead atoms. The molecule has 0 radical (unpaired) electrons. The van der Waals surface area contributed by atoms with Gasteiger partial charge < -0.3 is 4.74 Å². The highest BCUT2D eigenvalue weighted by atomic mass is 35.5. The number of hydrogen-bond acceptors (Lipinski definition) is 3. The second-order valence-electron chi connectivity index (χ2n) is 6.15. The number of rotatable bonds is 4. The van der Waals surface area contributed by atoms with Gasteiger partial charge in [0.15, 0.2) is 0 Å². The lowest BCUT2D eigenvalue weighted by molar-refractivity contribution is 0.414. The molecule has 0 spiro atoms. The molecule has 1 aliphatic rings.